The number of fused-ring (bicyclic) bond motifs is 1. The minimum Gasteiger partial charge on any atom is -0.609 e. The molecule has 24 heavy (non-hydrogen) atoms. The van der Waals surface area contributed by atoms with Crippen LogP contribution in [0.1, 0.15) is 22.8 Å². The van der Waals surface area contributed by atoms with Crippen LogP contribution in [-0.2, 0) is 16.9 Å². The molecule has 0 fully saturated rings. The summed E-state index contributed by atoms with van der Waals surface area (Å²) in [4.78, 5) is 21.0. The van der Waals surface area contributed by atoms with Crippen LogP contribution in [0, 0.1) is 0 Å². The van der Waals surface area contributed by atoms with Crippen molar-refractivity contribution in [2.75, 3.05) is 19.0 Å². The second kappa shape index (κ2) is 6.67. The standard InChI is InChI=1S/C18H19N3O2S/c1-12(22)13-8-9-15-16(10-13)20-18(19-15)24(23)11-14-6-4-5-7-17(14)21(2)3/h4-10H,11H2,1-3H3,(H,19,20). The van der Waals surface area contributed by atoms with Gasteiger partial charge in [-0.25, -0.2) is 0 Å². The smallest absolute Gasteiger partial charge is 0.321 e. The zero-order chi connectivity index (χ0) is 17.3. The van der Waals surface area contributed by atoms with Crippen molar-refractivity contribution in [3.05, 3.63) is 53.6 Å². The molecular weight excluding hydrogens is 322 g/mol. The third-order valence-electron chi connectivity index (χ3n) is 3.84. The Morgan fingerprint density at radius 3 is 2.71 bits per heavy atom. The molecule has 1 heterocycles. The minimum absolute atomic E-state index is 0.0116. The van der Waals surface area contributed by atoms with E-state index in [1.807, 2.05) is 43.3 Å². The van der Waals surface area contributed by atoms with Gasteiger partial charge in [0.05, 0.1) is 11.0 Å². The van der Waals surface area contributed by atoms with Gasteiger partial charge in [-0.05, 0) is 31.2 Å². The first kappa shape index (κ1) is 16.5. The fourth-order valence-corrected chi connectivity index (χ4v) is 3.68. The Kier molecular flexibility index (Phi) is 4.59. The number of Topliss-reactive ketones (excluding diaryl/α,β-unsaturated/α-hetero) is 1. The maximum Gasteiger partial charge on any atom is 0.321 e. The molecule has 0 aliphatic rings. The van der Waals surface area contributed by atoms with Crippen molar-refractivity contribution in [2.45, 2.75) is 17.8 Å². The number of hydrogen-bond acceptors (Lipinski definition) is 4. The van der Waals surface area contributed by atoms with E-state index in [-0.39, 0.29) is 5.78 Å². The lowest BCUT2D eigenvalue weighted by molar-refractivity contribution is 0.101. The van der Waals surface area contributed by atoms with Crippen molar-refractivity contribution >= 4 is 33.7 Å². The van der Waals surface area contributed by atoms with Gasteiger partial charge >= 0.3 is 5.16 Å². The first-order valence-corrected chi connectivity index (χ1v) is 8.92. The quantitative estimate of drug-likeness (QED) is 0.571. The molecule has 2 aromatic carbocycles. The Morgan fingerprint density at radius 1 is 1.25 bits per heavy atom. The van der Waals surface area contributed by atoms with Crippen LogP contribution in [0.2, 0.25) is 0 Å². The summed E-state index contributed by atoms with van der Waals surface area (Å²) in [6.45, 7) is 1.52. The number of imidazole rings is 1. The normalized spacial score (nSPS) is 12.3. The van der Waals surface area contributed by atoms with Crippen molar-refractivity contribution in [2.24, 2.45) is 0 Å². The molecule has 0 amide bonds. The number of anilines is 1. The second-order valence-electron chi connectivity index (χ2n) is 5.84. The molecule has 124 valence electrons. The molecule has 0 saturated carbocycles. The molecule has 0 radical (unpaired) electrons. The first-order chi connectivity index (χ1) is 11.5. The van der Waals surface area contributed by atoms with Crippen LogP contribution in [0.3, 0.4) is 0 Å². The van der Waals surface area contributed by atoms with Crippen molar-refractivity contribution in [3.63, 3.8) is 0 Å². The Balaban J connectivity index is 1.89. The molecule has 1 atom stereocenters. The number of H-pyrrole nitrogens is 1. The lowest BCUT2D eigenvalue weighted by Crippen LogP contribution is -2.14. The zero-order valence-corrected chi connectivity index (χ0v) is 14.7. The highest BCUT2D eigenvalue weighted by molar-refractivity contribution is 7.90. The summed E-state index contributed by atoms with van der Waals surface area (Å²) in [5.74, 6) is 0.371. The molecule has 3 aromatic rings. The number of benzene rings is 2. The van der Waals surface area contributed by atoms with Crippen LogP contribution >= 0.6 is 0 Å². The molecule has 1 unspecified atom stereocenters. The number of hydrogen-bond donors (Lipinski definition) is 1. The monoisotopic (exact) mass is 341 g/mol. The van der Waals surface area contributed by atoms with Crippen LogP contribution in [-0.4, -0.2) is 34.4 Å². The lowest BCUT2D eigenvalue weighted by atomic mass is 10.1. The average molecular weight is 341 g/mol. The number of nitrogens with one attached hydrogen (secondary N) is 1. The highest BCUT2D eigenvalue weighted by atomic mass is 32.2. The number of rotatable bonds is 5. The number of carbonyl (C=O) groups excluding carboxylic acids is 1. The van der Waals surface area contributed by atoms with E-state index in [0.29, 0.717) is 22.0 Å². The van der Waals surface area contributed by atoms with E-state index in [1.165, 1.54) is 6.92 Å². The van der Waals surface area contributed by atoms with Gasteiger partial charge in [-0.2, -0.15) is 4.98 Å². The molecule has 1 N–H and O–H groups in total. The van der Waals surface area contributed by atoms with Crippen LogP contribution < -0.4 is 4.90 Å². The summed E-state index contributed by atoms with van der Waals surface area (Å²) in [5, 5.41) is 0.430. The van der Waals surface area contributed by atoms with Gasteiger partial charge in [0.1, 0.15) is 5.75 Å². The molecule has 0 spiro atoms. The van der Waals surface area contributed by atoms with E-state index in [0.717, 1.165) is 16.8 Å². The predicted octanol–water partition coefficient (Wildman–Crippen LogP) is 3.14. The van der Waals surface area contributed by atoms with Crippen LogP contribution in [0.15, 0.2) is 47.6 Å². The number of nitrogens with zero attached hydrogens (tertiary/aromatic N) is 2. The average Bonchev–Trinajstić information content (AvgIpc) is 2.98. The maximum absolute atomic E-state index is 12.7. The maximum atomic E-state index is 12.7. The van der Waals surface area contributed by atoms with E-state index >= 15 is 0 Å². The molecule has 3 rings (SSSR count). The summed E-state index contributed by atoms with van der Waals surface area (Å²) < 4.78 is 12.7. The predicted molar refractivity (Wildman–Crippen MR) is 97.0 cm³/mol. The number of carbonyl (C=O) groups is 1. The zero-order valence-electron chi connectivity index (χ0n) is 13.9. The van der Waals surface area contributed by atoms with Gasteiger partial charge in [-0.3, -0.25) is 9.78 Å². The highest BCUT2D eigenvalue weighted by Crippen LogP contribution is 2.24. The SMILES string of the molecule is CC(=O)c1ccc2[nH]c([S+]([O-])Cc3ccccc3N(C)C)nc2c1. The summed E-state index contributed by atoms with van der Waals surface area (Å²) in [6.07, 6.45) is 0. The molecule has 0 aliphatic carbocycles. The van der Waals surface area contributed by atoms with Gasteiger partial charge in [-0.1, -0.05) is 18.2 Å². The van der Waals surface area contributed by atoms with Gasteiger partial charge in [0.2, 0.25) is 0 Å². The van der Waals surface area contributed by atoms with Crippen molar-refractivity contribution < 1.29 is 9.35 Å². The van der Waals surface area contributed by atoms with Crippen LogP contribution in [0.4, 0.5) is 5.69 Å². The largest absolute Gasteiger partial charge is 0.609 e. The van der Waals surface area contributed by atoms with Crippen LogP contribution in [0.5, 0.6) is 0 Å². The van der Waals surface area contributed by atoms with E-state index in [2.05, 4.69) is 9.97 Å². The van der Waals surface area contributed by atoms with Gasteiger partial charge in [0, 0.05) is 42.1 Å². The summed E-state index contributed by atoms with van der Waals surface area (Å²) in [6, 6.07) is 13.2. The molecule has 0 saturated heterocycles. The van der Waals surface area contributed by atoms with E-state index < -0.39 is 11.2 Å². The molecule has 6 heteroatoms. The summed E-state index contributed by atoms with van der Waals surface area (Å²) >= 11 is -1.29. The number of aromatic amines is 1. The van der Waals surface area contributed by atoms with E-state index in [4.69, 9.17) is 0 Å². The Bertz CT molecular complexity index is 889. The Labute approximate surface area is 143 Å². The first-order valence-electron chi connectivity index (χ1n) is 7.60. The molecule has 0 bridgehead atoms. The third-order valence-corrected chi connectivity index (χ3v) is 5.04. The number of aromatic nitrogens is 2. The van der Waals surface area contributed by atoms with Gasteiger partial charge < -0.3 is 9.45 Å². The summed E-state index contributed by atoms with van der Waals surface area (Å²) in [5.41, 5.74) is 4.09. The minimum atomic E-state index is -1.29. The van der Waals surface area contributed by atoms with E-state index in [9.17, 15) is 9.35 Å². The Morgan fingerprint density at radius 2 is 2.00 bits per heavy atom. The van der Waals surface area contributed by atoms with Crippen LogP contribution in [0.25, 0.3) is 11.0 Å². The van der Waals surface area contributed by atoms with Gasteiger partial charge in [-0.15, -0.1) is 0 Å². The van der Waals surface area contributed by atoms with Crippen molar-refractivity contribution in [1.82, 2.24) is 9.97 Å². The van der Waals surface area contributed by atoms with Crippen molar-refractivity contribution in [1.29, 1.82) is 0 Å². The third kappa shape index (κ3) is 3.29. The number of para-hydroxylation sites is 1. The van der Waals surface area contributed by atoms with Gasteiger partial charge in [0.25, 0.3) is 0 Å². The Hall–Kier alpha value is -2.31. The molecular formula is C18H19N3O2S. The summed E-state index contributed by atoms with van der Waals surface area (Å²) in [7, 11) is 3.93. The van der Waals surface area contributed by atoms with E-state index in [1.54, 1.807) is 18.2 Å². The molecule has 1 aromatic heterocycles. The number of ketones is 1. The molecule has 0 aliphatic heterocycles. The second-order valence-corrected chi connectivity index (χ2v) is 7.21. The fourth-order valence-electron chi connectivity index (χ4n) is 2.59. The topological polar surface area (TPSA) is 72.1 Å². The lowest BCUT2D eigenvalue weighted by Gasteiger charge is -2.17. The van der Waals surface area contributed by atoms with Gasteiger partial charge in [0.15, 0.2) is 5.78 Å². The van der Waals surface area contributed by atoms with Crippen molar-refractivity contribution in [3.8, 4) is 0 Å². The highest BCUT2D eigenvalue weighted by Gasteiger charge is 2.19. The fraction of sp³-hybridized carbons (Fsp3) is 0.222. The molecule has 5 nitrogen and oxygen atoms in total.